The van der Waals surface area contributed by atoms with Gasteiger partial charge in [-0.1, -0.05) is 29.8 Å². The molecule has 0 radical (unpaired) electrons. The summed E-state index contributed by atoms with van der Waals surface area (Å²) in [6, 6.07) is 6.66. The smallest absolute Gasteiger partial charge is 0.327 e. The van der Waals surface area contributed by atoms with Crippen LogP contribution in [0.2, 0.25) is 5.02 Å². The number of imide groups is 1. The Bertz CT molecular complexity index is 587. The number of halogens is 1. The lowest BCUT2D eigenvalue weighted by atomic mass is 10.2. The van der Waals surface area contributed by atoms with Crippen LogP contribution >= 0.6 is 11.6 Å². The van der Waals surface area contributed by atoms with Crippen molar-refractivity contribution in [2.24, 2.45) is 0 Å². The number of nitrogens with zero attached hydrogens (tertiary/aromatic N) is 2. The van der Waals surface area contributed by atoms with Gasteiger partial charge in [0, 0.05) is 11.6 Å². The van der Waals surface area contributed by atoms with Crippen LogP contribution in [0.15, 0.2) is 24.3 Å². The number of rotatable bonds is 6. The summed E-state index contributed by atoms with van der Waals surface area (Å²) in [6.07, 6.45) is 0.657. The summed E-state index contributed by atoms with van der Waals surface area (Å²) >= 11 is 6.02. The number of amides is 3. The summed E-state index contributed by atoms with van der Waals surface area (Å²) in [6.45, 7) is 0.887. The molecule has 0 aliphatic carbocycles. The number of β-amino-alcohol motifs (C(OH)–C–C–N with tert-alkyl or cyclic N) is 1. The molecule has 1 aromatic carbocycles. The van der Waals surface area contributed by atoms with Crippen molar-refractivity contribution in [1.82, 2.24) is 9.80 Å². The first kappa shape index (κ1) is 16.2. The van der Waals surface area contributed by atoms with Crippen molar-refractivity contribution in [3.63, 3.8) is 0 Å². The average Bonchev–Trinajstić information content (AvgIpc) is 3.09. The SMILES string of the molecule is O=C1[C@H]2CCCN2C(=O)N1C[C@@H](O)COCc1ccccc1Cl. The van der Waals surface area contributed by atoms with Crippen molar-refractivity contribution >= 4 is 23.5 Å². The minimum absolute atomic E-state index is 0.0345. The van der Waals surface area contributed by atoms with E-state index in [0.29, 0.717) is 18.0 Å². The second-order valence-corrected chi connectivity index (χ2v) is 6.25. The van der Waals surface area contributed by atoms with Gasteiger partial charge in [0.2, 0.25) is 0 Å². The normalized spacial score (nSPS) is 21.9. The molecule has 7 heteroatoms. The predicted octanol–water partition coefficient (Wildman–Crippen LogP) is 1.64. The topological polar surface area (TPSA) is 70.1 Å². The van der Waals surface area contributed by atoms with Crippen LogP contribution in [0, 0.1) is 0 Å². The van der Waals surface area contributed by atoms with E-state index < -0.39 is 6.10 Å². The Morgan fingerprint density at radius 1 is 1.35 bits per heavy atom. The average molecular weight is 339 g/mol. The largest absolute Gasteiger partial charge is 0.389 e. The maximum atomic E-state index is 12.2. The molecule has 2 aliphatic heterocycles. The number of aliphatic hydroxyl groups is 1. The fraction of sp³-hybridized carbons (Fsp3) is 0.500. The summed E-state index contributed by atoms with van der Waals surface area (Å²) in [7, 11) is 0. The van der Waals surface area contributed by atoms with Gasteiger partial charge in [0.15, 0.2) is 0 Å². The molecule has 2 fully saturated rings. The van der Waals surface area contributed by atoms with Gasteiger partial charge in [0.05, 0.1) is 25.9 Å². The third kappa shape index (κ3) is 3.34. The molecule has 1 N–H and O–H groups in total. The molecule has 124 valence electrons. The Labute approximate surface area is 139 Å². The first-order valence-electron chi connectivity index (χ1n) is 7.69. The lowest BCUT2D eigenvalue weighted by Gasteiger charge is -2.19. The Morgan fingerprint density at radius 2 is 2.13 bits per heavy atom. The number of aliphatic hydroxyl groups excluding tert-OH is 1. The van der Waals surface area contributed by atoms with Gasteiger partial charge in [-0.05, 0) is 24.5 Å². The molecule has 23 heavy (non-hydrogen) atoms. The highest BCUT2D eigenvalue weighted by Crippen LogP contribution is 2.27. The zero-order chi connectivity index (χ0) is 16.4. The van der Waals surface area contributed by atoms with Crippen LogP contribution in [0.25, 0.3) is 0 Å². The Balaban J connectivity index is 1.48. The van der Waals surface area contributed by atoms with Gasteiger partial charge in [-0.25, -0.2) is 4.79 Å². The zero-order valence-corrected chi connectivity index (χ0v) is 13.4. The Hall–Kier alpha value is -1.63. The van der Waals surface area contributed by atoms with Crippen molar-refractivity contribution in [1.29, 1.82) is 0 Å². The van der Waals surface area contributed by atoms with Crippen LogP contribution in [0.5, 0.6) is 0 Å². The van der Waals surface area contributed by atoms with Crippen molar-refractivity contribution in [2.45, 2.75) is 31.6 Å². The van der Waals surface area contributed by atoms with Crippen molar-refractivity contribution in [2.75, 3.05) is 19.7 Å². The highest BCUT2D eigenvalue weighted by atomic mass is 35.5. The zero-order valence-electron chi connectivity index (χ0n) is 12.7. The fourth-order valence-electron chi connectivity index (χ4n) is 3.03. The van der Waals surface area contributed by atoms with Gasteiger partial charge < -0.3 is 14.7 Å². The Morgan fingerprint density at radius 3 is 2.87 bits per heavy atom. The van der Waals surface area contributed by atoms with Gasteiger partial charge >= 0.3 is 6.03 Å². The summed E-state index contributed by atoms with van der Waals surface area (Å²) in [5.41, 5.74) is 0.829. The molecule has 3 rings (SSSR count). The van der Waals surface area contributed by atoms with Crippen LogP contribution < -0.4 is 0 Å². The summed E-state index contributed by atoms with van der Waals surface area (Å²) < 4.78 is 5.44. The quantitative estimate of drug-likeness (QED) is 0.801. The number of benzene rings is 1. The molecule has 2 heterocycles. The van der Waals surface area contributed by atoms with E-state index >= 15 is 0 Å². The lowest BCUT2D eigenvalue weighted by molar-refractivity contribution is -0.129. The molecule has 2 atom stereocenters. The molecule has 1 aromatic rings. The van der Waals surface area contributed by atoms with Crippen LogP contribution in [0.1, 0.15) is 18.4 Å². The van der Waals surface area contributed by atoms with Crippen molar-refractivity contribution in [3.8, 4) is 0 Å². The molecule has 2 saturated heterocycles. The van der Waals surface area contributed by atoms with Gasteiger partial charge in [-0.3, -0.25) is 9.69 Å². The standard InChI is InChI=1S/C16H19ClN2O4/c17-13-5-2-1-4-11(13)9-23-10-12(20)8-19-15(21)14-6-3-7-18(14)16(19)22/h1-2,4-5,12,14,20H,3,6-10H2/t12-,14-/m1/s1. The van der Waals surface area contributed by atoms with Gasteiger partial charge in [0.25, 0.3) is 5.91 Å². The van der Waals surface area contributed by atoms with E-state index in [4.69, 9.17) is 16.3 Å². The van der Waals surface area contributed by atoms with Gasteiger partial charge in [0.1, 0.15) is 6.04 Å². The molecule has 3 amide bonds. The van der Waals surface area contributed by atoms with Crippen LogP contribution in [-0.2, 0) is 16.1 Å². The number of carbonyl (C=O) groups excluding carboxylic acids is 2. The van der Waals surface area contributed by atoms with Crippen LogP contribution in [-0.4, -0.2) is 58.7 Å². The van der Waals surface area contributed by atoms with E-state index in [0.717, 1.165) is 16.9 Å². The van der Waals surface area contributed by atoms with Gasteiger partial charge in [-0.15, -0.1) is 0 Å². The molecular weight excluding hydrogens is 320 g/mol. The highest BCUT2D eigenvalue weighted by Gasteiger charge is 2.47. The molecule has 2 aliphatic rings. The summed E-state index contributed by atoms with van der Waals surface area (Å²) in [5.74, 6) is -0.211. The molecule has 0 spiro atoms. The van der Waals surface area contributed by atoms with E-state index in [-0.39, 0.29) is 37.7 Å². The number of urea groups is 1. The summed E-state index contributed by atoms with van der Waals surface area (Å²) in [4.78, 5) is 27.0. The summed E-state index contributed by atoms with van der Waals surface area (Å²) in [5, 5.41) is 10.6. The number of ether oxygens (including phenoxy) is 1. The minimum atomic E-state index is -0.912. The van der Waals surface area contributed by atoms with E-state index in [1.807, 2.05) is 18.2 Å². The molecular formula is C16H19ClN2O4. The molecule has 6 nitrogen and oxygen atoms in total. The van der Waals surface area contributed by atoms with Gasteiger partial charge in [-0.2, -0.15) is 0 Å². The number of carbonyl (C=O) groups is 2. The first-order valence-corrected chi connectivity index (χ1v) is 8.07. The minimum Gasteiger partial charge on any atom is -0.389 e. The van der Waals surface area contributed by atoms with E-state index in [2.05, 4.69) is 0 Å². The predicted molar refractivity (Wildman–Crippen MR) is 84.0 cm³/mol. The second-order valence-electron chi connectivity index (χ2n) is 5.84. The number of hydrogen-bond acceptors (Lipinski definition) is 4. The first-order chi connectivity index (χ1) is 11.1. The molecule has 0 saturated carbocycles. The van der Waals surface area contributed by atoms with Crippen LogP contribution in [0.3, 0.4) is 0 Å². The van der Waals surface area contributed by atoms with Crippen molar-refractivity contribution < 1.29 is 19.4 Å². The lowest BCUT2D eigenvalue weighted by Crippen LogP contribution is -2.40. The van der Waals surface area contributed by atoms with E-state index in [1.165, 1.54) is 0 Å². The number of fused-ring (bicyclic) bond motifs is 1. The van der Waals surface area contributed by atoms with Crippen molar-refractivity contribution in [3.05, 3.63) is 34.9 Å². The van der Waals surface area contributed by atoms with E-state index in [1.54, 1.807) is 11.0 Å². The molecule has 0 bridgehead atoms. The maximum Gasteiger partial charge on any atom is 0.327 e. The maximum absolute atomic E-state index is 12.2. The monoisotopic (exact) mass is 338 g/mol. The highest BCUT2D eigenvalue weighted by molar-refractivity contribution is 6.31. The Kier molecular flexibility index (Phi) is 4.84. The molecule has 0 unspecified atom stereocenters. The molecule has 0 aromatic heterocycles. The van der Waals surface area contributed by atoms with E-state index in [9.17, 15) is 14.7 Å². The third-order valence-electron chi connectivity index (χ3n) is 4.20. The fourth-order valence-corrected chi connectivity index (χ4v) is 3.22. The van der Waals surface area contributed by atoms with Crippen LogP contribution in [0.4, 0.5) is 4.79 Å². The number of hydrogen-bond donors (Lipinski definition) is 1. The second kappa shape index (κ2) is 6.86. The third-order valence-corrected chi connectivity index (χ3v) is 4.57.